The number of allylic oxidation sites excluding steroid dienone is 1. The highest BCUT2D eigenvalue weighted by atomic mass is 32.2. The van der Waals surface area contributed by atoms with Gasteiger partial charge in [0.1, 0.15) is 4.83 Å². The number of benzene rings is 1. The van der Waals surface area contributed by atoms with Crippen molar-refractivity contribution >= 4 is 43.9 Å². The van der Waals surface area contributed by atoms with Gasteiger partial charge in [0.25, 0.3) is 0 Å². The molecular formula is C18H16N2OS2. The van der Waals surface area contributed by atoms with Crippen LogP contribution in [-0.2, 0) is 6.61 Å². The average Bonchev–Trinajstić information content (AvgIpc) is 3.23. The molecule has 0 fully saturated rings. The second-order valence-corrected chi connectivity index (χ2v) is 7.62. The van der Waals surface area contributed by atoms with Crippen LogP contribution in [0.3, 0.4) is 0 Å². The van der Waals surface area contributed by atoms with E-state index in [0.29, 0.717) is 5.69 Å². The van der Waals surface area contributed by atoms with E-state index in [1.807, 2.05) is 30.0 Å². The number of aromatic nitrogens is 1. The first-order valence-corrected chi connectivity index (χ1v) is 9.29. The van der Waals surface area contributed by atoms with Gasteiger partial charge in [-0.05, 0) is 23.6 Å². The fourth-order valence-corrected chi connectivity index (χ4v) is 4.77. The number of nitrogens with two attached hydrogens (primary N) is 1. The van der Waals surface area contributed by atoms with Crippen LogP contribution in [0, 0.1) is 0 Å². The Hall–Kier alpha value is -1.82. The Balaban J connectivity index is 2.02. The second-order valence-electron chi connectivity index (χ2n) is 5.40. The smallest absolute Gasteiger partial charge is 0.127 e. The molecule has 23 heavy (non-hydrogen) atoms. The lowest BCUT2D eigenvalue weighted by molar-refractivity contribution is 0.286. The van der Waals surface area contributed by atoms with E-state index in [1.165, 1.54) is 16.2 Å². The molecule has 5 heteroatoms. The first kappa shape index (κ1) is 14.8. The van der Waals surface area contributed by atoms with Gasteiger partial charge in [-0.25, -0.2) is 4.98 Å². The van der Waals surface area contributed by atoms with Crippen LogP contribution in [-0.4, -0.2) is 15.8 Å². The molecule has 0 radical (unpaired) electrons. The minimum absolute atomic E-state index is 0.0477. The molecule has 3 N–H and O–H groups in total. The first-order chi connectivity index (χ1) is 11.3. The van der Waals surface area contributed by atoms with E-state index in [-0.39, 0.29) is 6.61 Å². The van der Waals surface area contributed by atoms with Crippen LogP contribution in [0.5, 0.6) is 0 Å². The summed E-state index contributed by atoms with van der Waals surface area (Å²) in [6, 6.07) is 12.4. The van der Waals surface area contributed by atoms with E-state index >= 15 is 0 Å². The Kier molecular flexibility index (Phi) is 3.85. The molecule has 3 nitrogen and oxygen atoms in total. The van der Waals surface area contributed by atoms with Gasteiger partial charge in [0, 0.05) is 16.0 Å². The van der Waals surface area contributed by atoms with Gasteiger partial charge in [0.2, 0.25) is 0 Å². The largest absolute Gasteiger partial charge is 0.397 e. The highest BCUT2D eigenvalue weighted by Crippen LogP contribution is 2.42. The second kappa shape index (κ2) is 6.00. The summed E-state index contributed by atoms with van der Waals surface area (Å²) in [6.45, 7) is -0.0477. The van der Waals surface area contributed by atoms with Crippen molar-refractivity contribution in [2.24, 2.45) is 0 Å². The minimum Gasteiger partial charge on any atom is -0.397 e. The van der Waals surface area contributed by atoms with Crippen LogP contribution in [0.2, 0.25) is 0 Å². The third-order valence-corrected chi connectivity index (χ3v) is 6.17. The highest BCUT2D eigenvalue weighted by molar-refractivity contribution is 8.08. The number of fused-ring (bicyclic) bond motifs is 1. The van der Waals surface area contributed by atoms with Gasteiger partial charge in [-0.15, -0.1) is 23.1 Å². The molecule has 2 aromatic heterocycles. The number of thiophene rings is 1. The number of aliphatic hydroxyl groups excluding tert-OH is 1. The maximum absolute atomic E-state index is 9.55. The molecule has 0 unspecified atom stereocenters. The van der Waals surface area contributed by atoms with E-state index in [1.54, 1.807) is 0 Å². The molecule has 0 amide bonds. The molecule has 3 heterocycles. The molecule has 116 valence electrons. The van der Waals surface area contributed by atoms with Crippen molar-refractivity contribution in [3.8, 4) is 11.1 Å². The van der Waals surface area contributed by atoms with Crippen LogP contribution in [0.1, 0.15) is 17.0 Å². The molecule has 3 aromatic rings. The van der Waals surface area contributed by atoms with Gasteiger partial charge in [-0.1, -0.05) is 36.4 Å². The van der Waals surface area contributed by atoms with Crippen molar-refractivity contribution in [1.29, 1.82) is 0 Å². The first-order valence-electron chi connectivity index (χ1n) is 7.49. The Labute approximate surface area is 142 Å². The number of rotatable bonds is 3. The Morgan fingerprint density at radius 3 is 2.74 bits per heavy atom. The molecule has 1 aromatic carbocycles. The quantitative estimate of drug-likeness (QED) is 0.736. The van der Waals surface area contributed by atoms with Crippen molar-refractivity contribution in [3.63, 3.8) is 0 Å². The number of aliphatic hydroxyl groups is 1. The van der Waals surface area contributed by atoms with Gasteiger partial charge in [-0.2, -0.15) is 0 Å². The normalized spacial score (nSPS) is 14.4. The number of nitrogen functional groups attached to an aromatic ring is 1. The Morgan fingerprint density at radius 2 is 2.04 bits per heavy atom. The molecule has 0 aliphatic carbocycles. The van der Waals surface area contributed by atoms with E-state index in [4.69, 9.17) is 10.7 Å². The molecule has 1 aliphatic heterocycles. The standard InChI is InChI=1S/C18H16N2OS2/c19-17-15(10-21)23-18-16(17)12(11-5-2-1-3-6-11)9-13(20-18)14-7-4-8-22-14/h1-3,5-7,9,21H,4,8,10,19H2. The van der Waals surface area contributed by atoms with E-state index < -0.39 is 0 Å². The van der Waals surface area contributed by atoms with Crippen molar-refractivity contribution in [2.45, 2.75) is 13.0 Å². The zero-order valence-corrected chi connectivity index (χ0v) is 14.1. The van der Waals surface area contributed by atoms with E-state index in [2.05, 4.69) is 24.3 Å². The summed E-state index contributed by atoms with van der Waals surface area (Å²) in [5, 5.41) is 10.5. The third-order valence-electron chi connectivity index (χ3n) is 3.96. The van der Waals surface area contributed by atoms with Crippen LogP contribution >= 0.6 is 23.1 Å². The maximum Gasteiger partial charge on any atom is 0.127 e. The third kappa shape index (κ3) is 2.55. The van der Waals surface area contributed by atoms with Crippen LogP contribution in [0.25, 0.3) is 26.2 Å². The number of pyridine rings is 1. The molecule has 0 saturated heterocycles. The predicted molar refractivity (Wildman–Crippen MR) is 100 cm³/mol. The van der Waals surface area contributed by atoms with Gasteiger partial charge in [0.05, 0.1) is 22.9 Å². The minimum atomic E-state index is -0.0477. The number of hydrogen-bond acceptors (Lipinski definition) is 5. The van der Waals surface area contributed by atoms with Gasteiger partial charge < -0.3 is 10.8 Å². The van der Waals surface area contributed by atoms with Gasteiger partial charge in [-0.3, -0.25) is 0 Å². The Morgan fingerprint density at radius 1 is 1.22 bits per heavy atom. The summed E-state index contributed by atoms with van der Waals surface area (Å²) in [4.78, 5) is 7.73. The summed E-state index contributed by atoms with van der Waals surface area (Å²) in [5.74, 6) is 1.12. The van der Waals surface area contributed by atoms with E-state index in [9.17, 15) is 5.11 Å². The van der Waals surface area contributed by atoms with Crippen molar-refractivity contribution < 1.29 is 5.11 Å². The fraction of sp³-hybridized carbons (Fsp3) is 0.167. The van der Waals surface area contributed by atoms with Gasteiger partial charge >= 0.3 is 0 Å². The van der Waals surface area contributed by atoms with Crippen molar-refractivity contribution in [1.82, 2.24) is 4.98 Å². The summed E-state index contributed by atoms with van der Waals surface area (Å²) >= 11 is 3.33. The average molecular weight is 340 g/mol. The lowest BCUT2D eigenvalue weighted by atomic mass is 10.0. The van der Waals surface area contributed by atoms with Crippen LogP contribution in [0.15, 0.2) is 42.5 Å². The van der Waals surface area contributed by atoms with Crippen molar-refractivity contribution in [2.75, 3.05) is 11.5 Å². The summed E-state index contributed by atoms with van der Waals surface area (Å²) in [6.07, 6.45) is 3.34. The van der Waals surface area contributed by atoms with E-state index in [0.717, 1.165) is 44.1 Å². The molecule has 1 aliphatic rings. The Bertz CT molecular complexity index is 900. The predicted octanol–water partition coefficient (Wildman–Crippen LogP) is 4.52. The maximum atomic E-state index is 9.55. The summed E-state index contributed by atoms with van der Waals surface area (Å²) in [5.41, 5.74) is 10.2. The van der Waals surface area contributed by atoms with Crippen molar-refractivity contribution in [3.05, 3.63) is 53.0 Å². The zero-order valence-electron chi connectivity index (χ0n) is 12.5. The fourth-order valence-electron chi connectivity index (χ4n) is 2.85. The molecule has 0 saturated carbocycles. The molecule has 4 rings (SSSR count). The number of anilines is 1. The highest BCUT2D eigenvalue weighted by Gasteiger charge is 2.19. The lowest BCUT2D eigenvalue weighted by Gasteiger charge is -2.09. The van der Waals surface area contributed by atoms with Crippen LogP contribution < -0.4 is 5.73 Å². The number of nitrogens with zero attached hydrogens (tertiary/aromatic N) is 1. The SMILES string of the molecule is Nc1c(CO)sc2nc(C3=CCCS3)cc(-c3ccccc3)c12. The number of hydrogen-bond donors (Lipinski definition) is 2. The zero-order chi connectivity index (χ0) is 15.8. The summed E-state index contributed by atoms with van der Waals surface area (Å²) in [7, 11) is 0. The number of thioether (sulfide) groups is 1. The molecular weight excluding hydrogens is 324 g/mol. The summed E-state index contributed by atoms with van der Waals surface area (Å²) < 4.78 is 0. The molecule has 0 spiro atoms. The van der Waals surface area contributed by atoms with Gasteiger partial charge in [0.15, 0.2) is 0 Å². The monoisotopic (exact) mass is 340 g/mol. The van der Waals surface area contributed by atoms with Crippen LogP contribution in [0.4, 0.5) is 5.69 Å². The molecule has 0 atom stereocenters. The lowest BCUT2D eigenvalue weighted by Crippen LogP contribution is -1.92. The molecule has 0 bridgehead atoms. The topological polar surface area (TPSA) is 59.1 Å².